The summed E-state index contributed by atoms with van der Waals surface area (Å²) >= 11 is 3.48. The molecule has 4 nitrogen and oxygen atoms in total. The monoisotopic (exact) mass is 291 g/mol. The molecule has 0 spiro atoms. The summed E-state index contributed by atoms with van der Waals surface area (Å²) in [7, 11) is 1.83. The predicted octanol–water partition coefficient (Wildman–Crippen LogP) is 2.34. The minimum Gasteiger partial charge on any atom is -0.288 e. The number of anilines is 1. The zero-order chi connectivity index (χ0) is 12.0. The number of benzene rings is 1. The van der Waals surface area contributed by atoms with Crippen molar-refractivity contribution < 1.29 is 4.79 Å². The van der Waals surface area contributed by atoms with E-state index < -0.39 is 0 Å². The molecule has 0 N–H and O–H groups in total. The Morgan fingerprint density at radius 2 is 2.18 bits per heavy atom. The van der Waals surface area contributed by atoms with E-state index in [-0.39, 0.29) is 5.91 Å². The van der Waals surface area contributed by atoms with E-state index in [1.807, 2.05) is 31.3 Å². The molecule has 0 atom stereocenters. The Labute approximate surface area is 107 Å². The number of hydrogen-bond donors (Lipinski definition) is 0. The third kappa shape index (κ3) is 1.50. The van der Waals surface area contributed by atoms with Crippen LogP contribution in [0.25, 0.3) is 0 Å². The van der Waals surface area contributed by atoms with Gasteiger partial charge in [0.2, 0.25) is 0 Å². The lowest BCUT2D eigenvalue weighted by molar-refractivity contribution is 0.0995. The molecule has 1 aliphatic rings. The molecule has 0 fully saturated rings. The Kier molecular flexibility index (Phi) is 2.29. The van der Waals surface area contributed by atoms with Gasteiger partial charge < -0.3 is 0 Å². The van der Waals surface area contributed by atoms with E-state index in [4.69, 9.17) is 0 Å². The van der Waals surface area contributed by atoms with E-state index in [2.05, 4.69) is 21.0 Å². The maximum atomic E-state index is 12.3. The van der Waals surface area contributed by atoms with E-state index in [0.29, 0.717) is 6.54 Å². The van der Waals surface area contributed by atoms with Gasteiger partial charge in [0.1, 0.15) is 5.82 Å². The molecule has 86 valence electrons. The van der Waals surface area contributed by atoms with Crippen molar-refractivity contribution in [1.82, 2.24) is 9.78 Å². The molecule has 1 amide bonds. The Hall–Kier alpha value is -1.62. The molecule has 0 saturated carbocycles. The average Bonchev–Trinajstić information content (AvgIpc) is 2.85. The predicted molar refractivity (Wildman–Crippen MR) is 67.9 cm³/mol. The Morgan fingerprint density at radius 1 is 1.35 bits per heavy atom. The topological polar surface area (TPSA) is 38.1 Å². The number of aryl methyl sites for hydroxylation is 1. The summed E-state index contributed by atoms with van der Waals surface area (Å²) in [5.41, 5.74) is 1.80. The number of carbonyl (C=O) groups excluding carboxylic acids is 1. The van der Waals surface area contributed by atoms with E-state index in [1.165, 1.54) is 0 Å². The number of fused-ring (bicyclic) bond motifs is 1. The highest BCUT2D eigenvalue weighted by molar-refractivity contribution is 9.10. The van der Waals surface area contributed by atoms with Crippen LogP contribution in [-0.2, 0) is 13.6 Å². The van der Waals surface area contributed by atoms with E-state index in [1.54, 1.807) is 15.8 Å². The number of aromatic nitrogens is 2. The Morgan fingerprint density at radius 3 is 2.82 bits per heavy atom. The first-order chi connectivity index (χ1) is 8.18. The van der Waals surface area contributed by atoms with Crippen molar-refractivity contribution in [2.75, 3.05) is 4.90 Å². The summed E-state index contributed by atoms with van der Waals surface area (Å²) in [5.74, 6) is 0.850. The molecular weight excluding hydrogens is 282 g/mol. The maximum absolute atomic E-state index is 12.3. The first kappa shape index (κ1) is 10.5. The van der Waals surface area contributed by atoms with Gasteiger partial charge in [-0.05, 0) is 17.7 Å². The smallest absolute Gasteiger partial charge is 0.260 e. The van der Waals surface area contributed by atoms with Gasteiger partial charge in [-0.3, -0.25) is 14.4 Å². The lowest BCUT2D eigenvalue weighted by atomic mass is 10.1. The van der Waals surface area contributed by atoms with Crippen LogP contribution in [0.1, 0.15) is 15.9 Å². The molecule has 0 radical (unpaired) electrons. The van der Waals surface area contributed by atoms with Crippen LogP contribution >= 0.6 is 15.9 Å². The summed E-state index contributed by atoms with van der Waals surface area (Å²) in [6, 6.07) is 7.54. The van der Waals surface area contributed by atoms with Crippen LogP contribution in [0.5, 0.6) is 0 Å². The summed E-state index contributed by atoms with van der Waals surface area (Å²) in [4.78, 5) is 14.0. The first-order valence-electron chi connectivity index (χ1n) is 5.26. The first-order valence-corrected chi connectivity index (χ1v) is 6.05. The minimum absolute atomic E-state index is 0.0323. The molecule has 1 aromatic heterocycles. The fraction of sp³-hybridized carbons (Fsp3) is 0.167. The van der Waals surface area contributed by atoms with E-state index in [0.717, 1.165) is 21.4 Å². The number of halogens is 1. The second-order valence-electron chi connectivity index (χ2n) is 3.97. The molecule has 0 aliphatic carbocycles. The number of carbonyl (C=O) groups is 1. The molecule has 3 rings (SSSR count). The van der Waals surface area contributed by atoms with Gasteiger partial charge in [-0.2, -0.15) is 5.10 Å². The Balaban J connectivity index is 2.08. The van der Waals surface area contributed by atoms with Crippen molar-refractivity contribution in [2.24, 2.45) is 7.05 Å². The average molecular weight is 292 g/mol. The second-order valence-corrected chi connectivity index (χ2v) is 4.82. The van der Waals surface area contributed by atoms with Crippen molar-refractivity contribution in [3.05, 3.63) is 46.1 Å². The summed E-state index contributed by atoms with van der Waals surface area (Å²) in [6.45, 7) is 0.592. The molecular formula is C12H10BrN3O. The molecule has 1 aromatic carbocycles. The molecule has 2 aromatic rings. The van der Waals surface area contributed by atoms with Crippen LogP contribution in [0.15, 0.2) is 34.9 Å². The van der Waals surface area contributed by atoms with Crippen LogP contribution in [-0.4, -0.2) is 15.7 Å². The largest absolute Gasteiger partial charge is 0.288 e. The van der Waals surface area contributed by atoms with Gasteiger partial charge in [0.25, 0.3) is 5.91 Å². The summed E-state index contributed by atoms with van der Waals surface area (Å²) < 4.78 is 2.69. The highest BCUT2D eigenvalue weighted by atomic mass is 79.9. The van der Waals surface area contributed by atoms with Crippen LogP contribution in [0.3, 0.4) is 0 Å². The van der Waals surface area contributed by atoms with Crippen molar-refractivity contribution in [3.63, 3.8) is 0 Å². The fourth-order valence-corrected chi connectivity index (χ4v) is 2.60. The van der Waals surface area contributed by atoms with Gasteiger partial charge in [-0.15, -0.1) is 0 Å². The van der Waals surface area contributed by atoms with Crippen molar-refractivity contribution >= 4 is 27.7 Å². The molecule has 0 bridgehead atoms. The lowest BCUT2D eigenvalue weighted by Crippen LogP contribution is -2.25. The minimum atomic E-state index is 0.0323. The summed E-state index contributed by atoms with van der Waals surface area (Å²) in [5, 5.41) is 4.09. The maximum Gasteiger partial charge on any atom is 0.260 e. The van der Waals surface area contributed by atoms with Crippen molar-refractivity contribution in [1.29, 1.82) is 0 Å². The highest BCUT2D eigenvalue weighted by Gasteiger charge is 2.31. The zero-order valence-electron chi connectivity index (χ0n) is 9.22. The van der Waals surface area contributed by atoms with Crippen LogP contribution in [0, 0.1) is 0 Å². The molecule has 1 aliphatic heterocycles. The van der Waals surface area contributed by atoms with Crippen molar-refractivity contribution in [2.45, 2.75) is 6.54 Å². The third-order valence-electron chi connectivity index (χ3n) is 2.98. The van der Waals surface area contributed by atoms with E-state index in [9.17, 15) is 4.79 Å². The number of hydrogen-bond acceptors (Lipinski definition) is 2. The van der Waals surface area contributed by atoms with Gasteiger partial charge in [0.05, 0.1) is 12.7 Å². The molecule has 0 unspecified atom stereocenters. The van der Waals surface area contributed by atoms with Gasteiger partial charge >= 0.3 is 0 Å². The Bertz CT molecular complexity index is 606. The van der Waals surface area contributed by atoms with Crippen molar-refractivity contribution in [3.8, 4) is 0 Å². The van der Waals surface area contributed by atoms with Crippen LogP contribution < -0.4 is 4.90 Å². The van der Waals surface area contributed by atoms with Crippen LogP contribution in [0.2, 0.25) is 0 Å². The third-order valence-corrected chi connectivity index (χ3v) is 3.73. The second kappa shape index (κ2) is 3.70. The number of nitrogens with zero attached hydrogens (tertiary/aromatic N) is 3. The standard InChI is InChI=1S/C12H10BrN3O/c1-15-11(5-6-14-15)16-7-9-8(12(16)17)3-2-4-10(9)13/h2-6H,7H2,1H3. The SMILES string of the molecule is Cn1nccc1N1Cc2c(Br)cccc2C1=O. The fourth-order valence-electron chi connectivity index (χ4n) is 2.11. The van der Waals surface area contributed by atoms with Gasteiger partial charge in [-0.25, -0.2) is 0 Å². The molecule has 2 heterocycles. The van der Waals surface area contributed by atoms with Gasteiger partial charge in [0.15, 0.2) is 0 Å². The lowest BCUT2D eigenvalue weighted by Gasteiger charge is -2.15. The van der Waals surface area contributed by atoms with Gasteiger partial charge in [-0.1, -0.05) is 22.0 Å². The summed E-state index contributed by atoms with van der Waals surface area (Å²) in [6.07, 6.45) is 1.70. The highest BCUT2D eigenvalue weighted by Crippen LogP contribution is 2.32. The normalized spacial score (nSPS) is 14.2. The van der Waals surface area contributed by atoms with E-state index >= 15 is 0 Å². The quantitative estimate of drug-likeness (QED) is 0.809. The number of amides is 1. The van der Waals surface area contributed by atoms with Crippen LogP contribution in [0.4, 0.5) is 5.82 Å². The molecule has 0 saturated heterocycles. The molecule has 5 heteroatoms. The zero-order valence-corrected chi connectivity index (χ0v) is 10.8. The van der Waals surface area contributed by atoms with Gasteiger partial charge in [0, 0.05) is 23.2 Å². The number of rotatable bonds is 1. The molecule has 17 heavy (non-hydrogen) atoms.